The molecule has 96 valence electrons. The van der Waals surface area contributed by atoms with E-state index in [9.17, 15) is 0 Å². The van der Waals surface area contributed by atoms with Gasteiger partial charge in [-0.15, -0.1) is 11.3 Å². The summed E-state index contributed by atoms with van der Waals surface area (Å²) in [6.07, 6.45) is 5.94. The van der Waals surface area contributed by atoms with E-state index in [1.165, 1.54) is 22.7 Å². The minimum atomic E-state index is 0.349. The summed E-state index contributed by atoms with van der Waals surface area (Å²) in [7, 11) is 0. The van der Waals surface area contributed by atoms with Gasteiger partial charge >= 0.3 is 0 Å². The van der Waals surface area contributed by atoms with Gasteiger partial charge in [0.2, 0.25) is 0 Å². The minimum Gasteiger partial charge on any atom is -0.313 e. The lowest BCUT2D eigenvalue weighted by Gasteiger charge is -2.34. The molecule has 1 aliphatic carbocycles. The molecule has 1 N–H and O–H groups in total. The van der Waals surface area contributed by atoms with E-state index in [1.54, 1.807) is 0 Å². The Kier molecular flexibility index (Phi) is 3.88. The van der Waals surface area contributed by atoms with E-state index >= 15 is 0 Å². The van der Waals surface area contributed by atoms with Gasteiger partial charge in [-0.05, 0) is 37.5 Å². The van der Waals surface area contributed by atoms with Crippen LogP contribution >= 0.6 is 11.3 Å². The molecule has 2 rings (SSSR count). The second-order valence-corrected chi connectivity index (χ2v) is 7.31. The van der Waals surface area contributed by atoms with Crippen molar-refractivity contribution in [2.24, 2.45) is 11.3 Å². The molecular weight excluding hydrogens is 228 g/mol. The molecule has 1 atom stereocenters. The monoisotopic (exact) mass is 252 g/mol. The number of aromatic nitrogens is 1. The van der Waals surface area contributed by atoms with Crippen molar-refractivity contribution in [3.63, 3.8) is 0 Å². The number of nitrogens with zero attached hydrogens (tertiary/aromatic N) is 1. The minimum absolute atomic E-state index is 0.349. The molecule has 1 aromatic rings. The Bertz CT molecular complexity index is 368. The van der Waals surface area contributed by atoms with Gasteiger partial charge in [0, 0.05) is 23.7 Å². The smallest absolute Gasteiger partial charge is 0.0896 e. The number of thiazole rings is 1. The molecule has 1 heterocycles. The molecular formula is C14H24N2S. The summed E-state index contributed by atoms with van der Waals surface area (Å²) < 4.78 is 0. The van der Waals surface area contributed by atoms with Crippen LogP contribution < -0.4 is 5.32 Å². The molecule has 1 saturated carbocycles. The number of hydrogen-bond acceptors (Lipinski definition) is 3. The van der Waals surface area contributed by atoms with Gasteiger partial charge in [-0.1, -0.05) is 20.8 Å². The van der Waals surface area contributed by atoms with Gasteiger partial charge in [-0.2, -0.15) is 0 Å². The Balaban J connectivity index is 1.98. The first-order chi connectivity index (χ1) is 7.99. The molecule has 3 heteroatoms. The molecule has 2 nitrogen and oxygen atoms in total. The molecule has 0 radical (unpaired) electrons. The number of hydrogen-bond donors (Lipinski definition) is 1. The van der Waals surface area contributed by atoms with E-state index in [1.807, 2.05) is 11.3 Å². The van der Waals surface area contributed by atoms with E-state index in [0.29, 0.717) is 11.3 Å². The van der Waals surface area contributed by atoms with E-state index in [4.69, 9.17) is 0 Å². The normalized spacial score (nSPS) is 19.6. The van der Waals surface area contributed by atoms with Crippen LogP contribution in [0.2, 0.25) is 0 Å². The summed E-state index contributed by atoms with van der Waals surface area (Å²) in [6, 6.07) is 0.802. The lowest BCUT2D eigenvalue weighted by atomic mass is 9.76. The Morgan fingerprint density at radius 3 is 2.71 bits per heavy atom. The second kappa shape index (κ2) is 5.07. The first-order valence-electron chi connectivity index (χ1n) is 6.64. The topological polar surface area (TPSA) is 24.9 Å². The van der Waals surface area contributed by atoms with Crippen LogP contribution in [0.15, 0.2) is 6.20 Å². The molecule has 0 spiro atoms. The van der Waals surface area contributed by atoms with Crippen LogP contribution in [0.4, 0.5) is 0 Å². The lowest BCUT2D eigenvalue weighted by molar-refractivity contribution is 0.208. The zero-order valence-corrected chi connectivity index (χ0v) is 12.2. The summed E-state index contributed by atoms with van der Waals surface area (Å²) >= 11 is 1.84. The van der Waals surface area contributed by atoms with Gasteiger partial charge in [0.05, 0.1) is 5.01 Å². The van der Waals surface area contributed by atoms with E-state index in [2.05, 4.69) is 44.2 Å². The van der Waals surface area contributed by atoms with Gasteiger partial charge in [-0.25, -0.2) is 4.98 Å². The van der Waals surface area contributed by atoms with Crippen molar-refractivity contribution >= 4 is 11.3 Å². The average Bonchev–Trinajstić information content (AvgIpc) is 3.00. The Morgan fingerprint density at radius 2 is 2.24 bits per heavy atom. The molecule has 0 aromatic carbocycles. The van der Waals surface area contributed by atoms with Crippen molar-refractivity contribution in [2.75, 3.05) is 6.54 Å². The summed E-state index contributed by atoms with van der Waals surface area (Å²) in [6.45, 7) is 10.3. The van der Waals surface area contributed by atoms with Gasteiger partial charge in [0.1, 0.15) is 0 Å². The summed E-state index contributed by atoms with van der Waals surface area (Å²) in [5.74, 6) is 0.691. The highest BCUT2D eigenvalue weighted by Crippen LogP contribution is 2.33. The van der Waals surface area contributed by atoms with Crippen LogP contribution in [-0.4, -0.2) is 17.6 Å². The van der Waals surface area contributed by atoms with Gasteiger partial charge < -0.3 is 5.32 Å². The zero-order chi connectivity index (χ0) is 12.5. The highest BCUT2D eigenvalue weighted by atomic mass is 32.1. The van der Waals surface area contributed by atoms with Crippen LogP contribution in [0.3, 0.4) is 0 Å². The number of aryl methyl sites for hydroxylation is 1. The molecule has 0 amide bonds. The SMILES string of the molecule is Cc1ncc(CC(C)(CNC2CC2)C(C)C)s1. The highest BCUT2D eigenvalue weighted by molar-refractivity contribution is 7.11. The maximum absolute atomic E-state index is 4.37. The average molecular weight is 252 g/mol. The maximum Gasteiger partial charge on any atom is 0.0896 e. The van der Waals surface area contributed by atoms with Crippen molar-refractivity contribution < 1.29 is 0 Å². The van der Waals surface area contributed by atoms with Crippen LogP contribution in [0, 0.1) is 18.3 Å². The third kappa shape index (κ3) is 3.52. The molecule has 0 bridgehead atoms. The molecule has 0 aliphatic heterocycles. The van der Waals surface area contributed by atoms with E-state index in [-0.39, 0.29) is 0 Å². The quantitative estimate of drug-likeness (QED) is 0.839. The van der Waals surface area contributed by atoms with Crippen LogP contribution in [0.25, 0.3) is 0 Å². The fourth-order valence-corrected chi connectivity index (χ4v) is 3.01. The zero-order valence-electron chi connectivity index (χ0n) is 11.4. The number of nitrogens with one attached hydrogen (secondary N) is 1. The third-order valence-corrected chi connectivity index (χ3v) is 4.93. The largest absolute Gasteiger partial charge is 0.313 e. The molecule has 1 fully saturated rings. The van der Waals surface area contributed by atoms with Crippen LogP contribution in [-0.2, 0) is 6.42 Å². The Hall–Kier alpha value is -0.410. The second-order valence-electron chi connectivity index (χ2n) is 5.99. The Labute approximate surface area is 109 Å². The molecule has 1 aromatic heterocycles. The molecule has 1 unspecified atom stereocenters. The Morgan fingerprint density at radius 1 is 1.53 bits per heavy atom. The van der Waals surface area contributed by atoms with Crippen molar-refractivity contribution in [3.8, 4) is 0 Å². The predicted octanol–water partition coefficient (Wildman–Crippen LogP) is 3.41. The molecule has 1 aliphatic rings. The fourth-order valence-electron chi connectivity index (χ4n) is 2.02. The van der Waals surface area contributed by atoms with Crippen LogP contribution in [0.1, 0.15) is 43.5 Å². The van der Waals surface area contributed by atoms with Crippen molar-refractivity contribution in [1.82, 2.24) is 10.3 Å². The summed E-state index contributed by atoms with van der Waals surface area (Å²) in [4.78, 5) is 5.79. The predicted molar refractivity (Wildman–Crippen MR) is 74.5 cm³/mol. The lowest BCUT2D eigenvalue weighted by Crippen LogP contribution is -2.38. The van der Waals surface area contributed by atoms with Gasteiger partial charge in [-0.3, -0.25) is 0 Å². The van der Waals surface area contributed by atoms with E-state index < -0.39 is 0 Å². The van der Waals surface area contributed by atoms with Crippen molar-refractivity contribution in [2.45, 2.75) is 53.0 Å². The summed E-state index contributed by atoms with van der Waals surface area (Å²) in [5.41, 5.74) is 0.349. The van der Waals surface area contributed by atoms with Gasteiger partial charge in [0.25, 0.3) is 0 Å². The standard InChI is InChI=1S/C14H24N2S/c1-10(2)14(4,9-16-12-5-6-12)7-13-8-15-11(3)17-13/h8,10,12,16H,5-7,9H2,1-4H3. The maximum atomic E-state index is 4.37. The van der Waals surface area contributed by atoms with Crippen molar-refractivity contribution in [3.05, 3.63) is 16.1 Å². The van der Waals surface area contributed by atoms with Crippen molar-refractivity contribution in [1.29, 1.82) is 0 Å². The van der Waals surface area contributed by atoms with E-state index in [0.717, 1.165) is 19.0 Å². The number of rotatable bonds is 6. The first kappa shape index (κ1) is 13.0. The first-order valence-corrected chi connectivity index (χ1v) is 7.46. The third-order valence-electron chi connectivity index (χ3n) is 4.01. The molecule has 17 heavy (non-hydrogen) atoms. The van der Waals surface area contributed by atoms with Gasteiger partial charge in [0.15, 0.2) is 0 Å². The highest BCUT2D eigenvalue weighted by Gasteiger charge is 2.32. The molecule has 0 saturated heterocycles. The van der Waals surface area contributed by atoms with Crippen LogP contribution in [0.5, 0.6) is 0 Å². The fraction of sp³-hybridized carbons (Fsp3) is 0.786. The summed E-state index contributed by atoms with van der Waals surface area (Å²) in [5, 5.41) is 4.87.